The smallest absolute Gasteiger partial charge is 0.383 e. The van der Waals surface area contributed by atoms with Crippen LogP contribution in [-0.2, 0) is 4.79 Å². The highest BCUT2D eigenvalue weighted by molar-refractivity contribution is 5.83. The lowest BCUT2D eigenvalue weighted by atomic mass is 10.0. The number of rotatable bonds is 6. The van der Waals surface area contributed by atoms with Crippen LogP contribution in [0, 0.1) is 0 Å². The number of alkyl halides is 4. The molecule has 0 fully saturated rings. The first-order valence-electron chi connectivity index (χ1n) is 4.80. The second kappa shape index (κ2) is 5.47. The van der Waals surface area contributed by atoms with Crippen LogP contribution >= 0.6 is 0 Å². The lowest BCUT2D eigenvalue weighted by Gasteiger charge is -2.24. The molecule has 0 saturated carbocycles. The molecule has 96 valence electrons. The molecule has 0 spiro atoms. The van der Waals surface area contributed by atoms with E-state index in [4.69, 9.17) is 0 Å². The van der Waals surface area contributed by atoms with Gasteiger partial charge >= 0.3 is 12.3 Å². The monoisotopic (exact) mass is 245 g/mol. The molecule has 1 unspecified atom stereocenters. The summed E-state index contributed by atoms with van der Waals surface area (Å²) in [5.41, 5.74) is -1.37. The number of hydrogen-bond acceptors (Lipinski definition) is 2. The zero-order valence-corrected chi connectivity index (χ0v) is 9.07. The number of hydrogen-bond donors (Lipinski definition) is 2. The van der Waals surface area contributed by atoms with Gasteiger partial charge in [0.05, 0.1) is 5.60 Å². The van der Waals surface area contributed by atoms with Crippen LogP contribution in [0.25, 0.3) is 0 Å². The summed E-state index contributed by atoms with van der Waals surface area (Å²) >= 11 is 0. The van der Waals surface area contributed by atoms with Crippen molar-refractivity contribution < 1.29 is 27.5 Å². The number of halogens is 4. The maximum atomic E-state index is 12.5. The Bertz CT molecular complexity index is 244. The van der Waals surface area contributed by atoms with Crippen LogP contribution in [-0.4, -0.2) is 35.5 Å². The molecule has 0 aliphatic carbocycles. The highest BCUT2D eigenvalue weighted by Crippen LogP contribution is 2.23. The highest BCUT2D eigenvalue weighted by Gasteiger charge is 2.49. The van der Waals surface area contributed by atoms with E-state index in [9.17, 15) is 27.5 Å². The van der Waals surface area contributed by atoms with Crippen LogP contribution in [0.4, 0.5) is 17.6 Å². The average Bonchev–Trinajstić information content (AvgIpc) is 2.13. The molecule has 0 rings (SSSR count). The third kappa shape index (κ3) is 4.34. The molecule has 0 radical (unpaired) electrons. The van der Waals surface area contributed by atoms with E-state index in [1.54, 1.807) is 12.2 Å². The molecular formula is C9H15F4NO2. The van der Waals surface area contributed by atoms with E-state index in [1.165, 1.54) is 6.92 Å². The Morgan fingerprint density at radius 2 is 1.94 bits per heavy atom. The van der Waals surface area contributed by atoms with E-state index >= 15 is 0 Å². The molecule has 2 N–H and O–H groups in total. The quantitative estimate of drug-likeness (QED) is 0.697. The Kier molecular flexibility index (Phi) is 5.18. The van der Waals surface area contributed by atoms with Gasteiger partial charge in [-0.25, -0.2) is 8.78 Å². The third-order valence-electron chi connectivity index (χ3n) is 2.00. The molecule has 7 heteroatoms. The average molecular weight is 245 g/mol. The molecule has 0 heterocycles. The summed E-state index contributed by atoms with van der Waals surface area (Å²) < 4.78 is 48.4. The molecule has 0 bridgehead atoms. The minimum absolute atomic E-state index is 0.271. The summed E-state index contributed by atoms with van der Waals surface area (Å²) in [4.78, 5) is 10.7. The Morgan fingerprint density at radius 3 is 2.31 bits per heavy atom. The number of carbonyl (C=O) groups excluding carboxylic acids is 1. The number of carbonyl (C=O) groups is 1. The van der Waals surface area contributed by atoms with E-state index in [1.807, 2.05) is 0 Å². The summed E-state index contributed by atoms with van der Waals surface area (Å²) in [7, 11) is 0. The maximum absolute atomic E-state index is 12.5. The second-order valence-corrected chi connectivity index (χ2v) is 3.85. The third-order valence-corrected chi connectivity index (χ3v) is 2.00. The summed E-state index contributed by atoms with van der Waals surface area (Å²) in [6.07, 6.45) is -3.20. The van der Waals surface area contributed by atoms with E-state index in [0.717, 1.165) is 0 Å². The highest BCUT2D eigenvalue weighted by atomic mass is 19.3. The number of amides is 1. The summed E-state index contributed by atoms with van der Waals surface area (Å²) in [5.74, 6) is -6.79. The number of nitrogens with one attached hydrogen (secondary N) is 1. The van der Waals surface area contributed by atoms with Crippen molar-refractivity contribution in [2.24, 2.45) is 0 Å². The van der Waals surface area contributed by atoms with E-state index in [2.05, 4.69) is 0 Å². The van der Waals surface area contributed by atoms with Crippen molar-refractivity contribution in [2.45, 2.75) is 44.6 Å². The first kappa shape index (κ1) is 15.2. The fraction of sp³-hybridized carbons (Fsp3) is 0.889. The van der Waals surface area contributed by atoms with Gasteiger partial charge in [-0.15, -0.1) is 0 Å². The van der Waals surface area contributed by atoms with Crippen molar-refractivity contribution in [3.05, 3.63) is 0 Å². The largest absolute Gasteiger partial charge is 0.388 e. The molecule has 0 aromatic heterocycles. The van der Waals surface area contributed by atoms with Crippen LogP contribution in [0.1, 0.15) is 26.7 Å². The maximum Gasteiger partial charge on any atom is 0.383 e. The van der Waals surface area contributed by atoms with Gasteiger partial charge in [0.15, 0.2) is 0 Å². The Hall–Kier alpha value is -0.850. The van der Waals surface area contributed by atoms with Crippen molar-refractivity contribution >= 4 is 5.91 Å². The zero-order valence-electron chi connectivity index (χ0n) is 9.07. The lowest BCUT2D eigenvalue weighted by molar-refractivity contribution is -0.170. The van der Waals surface area contributed by atoms with Crippen LogP contribution < -0.4 is 5.32 Å². The van der Waals surface area contributed by atoms with Crippen LogP contribution in [0.3, 0.4) is 0 Å². The fourth-order valence-corrected chi connectivity index (χ4v) is 1.11. The second-order valence-electron chi connectivity index (χ2n) is 3.85. The van der Waals surface area contributed by atoms with E-state index in [0.29, 0.717) is 6.42 Å². The van der Waals surface area contributed by atoms with Gasteiger partial charge in [0.2, 0.25) is 0 Å². The van der Waals surface area contributed by atoms with Crippen molar-refractivity contribution in [1.82, 2.24) is 5.32 Å². The molecule has 3 nitrogen and oxygen atoms in total. The Morgan fingerprint density at radius 1 is 1.44 bits per heavy atom. The molecule has 1 amide bonds. The minimum atomic E-state index is -4.72. The normalized spacial score (nSPS) is 16.0. The van der Waals surface area contributed by atoms with Crippen LogP contribution in [0.2, 0.25) is 0 Å². The first-order chi connectivity index (χ1) is 7.13. The van der Waals surface area contributed by atoms with Gasteiger partial charge in [-0.05, 0) is 13.3 Å². The van der Waals surface area contributed by atoms with Crippen molar-refractivity contribution in [2.75, 3.05) is 6.54 Å². The van der Waals surface area contributed by atoms with Crippen LogP contribution in [0.5, 0.6) is 0 Å². The molecule has 16 heavy (non-hydrogen) atoms. The molecule has 1 atom stereocenters. The summed E-state index contributed by atoms with van der Waals surface area (Å²) in [6.45, 7) is 2.60. The Labute approximate surface area is 90.8 Å². The standard InChI is InChI=1S/C9H15F4NO2/c1-3-4-8(2,16)5-14-7(15)9(12,13)6(10)11/h6,16H,3-5H2,1-2H3,(H,14,15). The van der Waals surface area contributed by atoms with Gasteiger partial charge in [0, 0.05) is 6.54 Å². The zero-order chi connectivity index (χ0) is 13.0. The van der Waals surface area contributed by atoms with Gasteiger partial charge < -0.3 is 10.4 Å². The molecule has 0 aliphatic heterocycles. The molecule has 0 saturated heterocycles. The van der Waals surface area contributed by atoms with E-state index < -0.39 is 30.4 Å². The minimum Gasteiger partial charge on any atom is -0.388 e. The van der Waals surface area contributed by atoms with Gasteiger partial charge in [-0.3, -0.25) is 4.79 Å². The summed E-state index contributed by atoms with van der Waals surface area (Å²) in [6, 6.07) is 0. The molecule has 0 aromatic carbocycles. The van der Waals surface area contributed by atoms with Crippen molar-refractivity contribution in [3.8, 4) is 0 Å². The Balaban J connectivity index is 4.27. The van der Waals surface area contributed by atoms with Gasteiger partial charge in [-0.1, -0.05) is 13.3 Å². The first-order valence-corrected chi connectivity index (χ1v) is 4.80. The van der Waals surface area contributed by atoms with Gasteiger partial charge in [0.25, 0.3) is 5.91 Å². The van der Waals surface area contributed by atoms with Crippen molar-refractivity contribution in [1.29, 1.82) is 0 Å². The predicted molar refractivity (Wildman–Crippen MR) is 49.5 cm³/mol. The fourth-order valence-electron chi connectivity index (χ4n) is 1.11. The van der Waals surface area contributed by atoms with E-state index in [-0.39, 0.29) is 6.42 Å². The van der Waals surface area contributed by atoms with Gasteiger partial charge in [-0.2, -0.15) is 8.78 Å². The lowest BCUT2D eigenvalue weighted by Crippen LogP contribution is -2.49. The predicted octanol–water partition coefficient (Wildman–Crippen LogP) is 1.55. The topological polar surface area (TPSA) is 49.3 Å². The SMILES string of the molecule is CCCC(C)(O)CNC(=O)C(F)(F)C(F)F. The summed E-state index contributed by atoms with van der Waals surface area (Å²) in [5, 5.41) is 11.1. The van der Waals surface area contributed by atoms with Crippen molar-refractivity contribution in [3.63, 3.8) is 0 Å². The van der Waals surface area contributed by atoms with Gasteiger partial charge in [0.1, 0.15) is 0 Å². The molecule has 0 aromatic rings. The molecule has 0 aliphatic rings. The number of aliphatic hydroxyl groups is 1. The van der Waals surface area contributed by atoms with Crippen LogP contribution in [0.15, 0.2) is 0 Å². The molecular weight excluding hydrogens is 230 g/mol.